The lowest BCUT2D eigenvalue weighted by Crippen LogP contribution is -2.36. The Bertz CT molecular complexity index is 186. The Kier molecular flexibility index (Phi) is 11.6. The molecule has 0 saturated carbocycles. The summed E-state index contributed by atoms with van der Waals surface area (Å²) in [4.78, 5) is 2.40. The van der Waals surface area contributed by atoms with Gasteiger partial charge in [-0.15, -0.1) is 0 Å². The Morgan fingerprint density at radius 2 is 1.53 bits per heavy atom. The Hall–Kier alpha value is -0.120. The van der Waals surface area contributed by atoms with Crippen LogP contribution >= 0.6 is 0 Å². The highest BCUT2D eigenvalue weighted by atomic mass is 16.5. The Morgan fingerprint density at radius 3 is 2.11 bits per heavy atom. The molecule has 3 heteroatoms. The molecule has 0 unspecified atom stereocenters. The van der Waals surface area contributed by atoms with E-state index in [4.69, 9.17) is 4.74 Å². The maximum Gasteiger partial charge on any atom is 0.0593 e. The Morgan fingerprint density at radius 1 is 0.895 bits per heavy atom. The molecule has 0 heterocycles. The molecule has 0 aliphatic carbocycles. The second-order valence-electron chi connectivity index (χ2n) is 6.23. The fourth-order valence-electron chi connectivity index (χ4n) is 1.98. The number of nitrogens with one attached hydrogen (secondary N) is 1. The molecule has 0 fully saturated rings. The lowest BCUT2D eigenvalue weighted by molar-refractivity contribution is 0.104. The summed E-state index contributed by atoms with van der Waals surface area (Å²) in [6.45, 7) is 17.3. The van der Waals surface area contributed by atoms with Gasteiger partial charge in [-0.3, -0.25) is 0 Å². The molecule has 0 saturated heterocycles. The number of hydrogen-bond donors (Lipinski definition) is 1. The number of ether oxygens (including phenoxy) is 1. The van der Waals surface area contributed by atoms with Gasteiger partial charge in [-0.05, 0) is 53.2 Å². The van der Waals surface area contributed by atoms with Gasteiger partial charge in [0.1, 0.15) is 0 Å². The summed E-state index contributed by atoms with van der Waals surface area (Å²) < 4.78 is 5.67. The molecule has 19 heavy (non-hydrogen) atoms. The van der Waals surface area contributed by atoms with Crippen LogP contribution in [0.3, 0.4) is 0 Å². The average molecular weight is 272 g/mol. The summed E-state index contributed by atoms with van der Waals surface area (Å²) in [7, 11) is 0. The molecule has 0 aliphatic rings. The van der Waals surface area contributed by atoms with Crippen molar-refractivity contribution in [2.45, 2.75) is 65.8 Å². The summed E-state index contributed by atoms with van der Waals surface area (Å²) in [6.07, 6.45) is 5.07. The first-order valence-electron chi connectivity index (χ1n) is 8.04. The molecule has 0 radical (unpaired) electrons. The van der Waals surface area contributed by atoms with Crippen molar-refractivity contribution in [1.82, 2.24) is 10.2 Å². The summed E-state index contributed by atoms with van der Waals surface area (Å²) in [6, 6.07) is 0. The second kappa shape index (κ2) is 11.7. The van der Waals surface area contributed by atoms with E-state index in [1.54, 1.807) is 0 Å². The van der Waals surface area contributed by atoms with Crippen molar-refractivity contribution in [2.75, 3.05) is 39.4 Å². The van der Waals surface area contributed by atoms with Crippen molar-refractivity contribution in [3.8, 4) is 0 Å². The number of likely N-dealkylation sites (N-methyl/N-ethyl adjacent to an activating group) is 1. The number of unbranched alkanes of at least 4 members (excludes halogenated alkanes) is 3. The van der Waals surface area contributed by atoms with Crippen LogP contribution in [0.15, 0.2) is 0 Å². The minimum Gasteiger partial charge on any atom is -0.380 e. The third-order valence-corrected chi connectivity index (χ3v) is 3.32. The van der Waals surface area contributed by atoms with E-state index in [0.29, 0.717) is 0 Å². The van der Waals surface area contributed by atoms with Gasteiger partial charge in [-0.25, -0.2) is 0 Å². The number of hydrogen-bond acceptors (Lipinski definition) is 3. The maximum atomic E-state index is 5.67. The van der Waals surface area contributed by atoms with Crippen molar-refractivity contribution >= 4 is 0 Å². The normalized spacial score (nSPS) is 12.3. The number of nitrogens with zero attached hydrogens (tertiary/aromatic N) is 1. The van der Waals surface area contributed by atoms with Crippen molar-refractivity contribution in [3.05, 3.63) is 0 Å². The molecular weight excluding hydrogens is 236 g/mol. The van der Waals surface area contributed by atoms with E-state index in [-0.39, 0.29) is 5.54 Å². The summed E-state index contributed by atoms with van der Waals surface area (Å²) in [5.41, 5.74) is 0.257. The predicted octanol–water partition coefficient (Wildman–Crippen LogP) is 3.29. The van der Waals surface area contributed by atoms with Gasteiger partial charge in [-0.2, -0.15) is 0 Å². The first-order valence-corrected chi connectivity index (χ1v) is 8.04. The van der Waals surface area contributed by atoms with Crippen LogP contribution < -0.4 is 5.32 Å². The lowest BCUT2D eigenvalue weighted by Gasteiger charge is -2.20. The smallest absolute Gasteiger partial charge is 0.0593 e. The first-order chi connectivity index (χ1) is 8.99. The zero-order valence-corrected chi connectivity index (χ0v) is 13.9. The molecule has 0 rings (SSSR count). The molecule has 0 amide bonds. The van der Waals surface area contributed by atoms with Crippen LogP contribution in [0.1, 0.15) is 60.3 Å². The fourth-order valence-corrected chi connectivity index (χ4v) is 1.98. The van der Waals surface area contributed by atoms with Gasteiger partial charge >= 0.3 is 0 Å². The van der Waals surface area contributed by atoms with Crippen LogP contribution in [0.25, 0.3) is 0 Å². The van der Waals surface area contributed by atoms with Gasteiger partial charge in [0.15, 0.2) is 0 Å². The molecular formula is C16H36N2O. The molecule has 0 aromatic rings. The van der Waals surface area contributed by atoms with Crippen molar-refractivity contribution in [2.24, 2.45) is 0 Å². The predicted molar refractivity (Wildman–Crippen MR) is 84.8 cm³/mol. The van der Waals surface area contributed by atoms with Crippen LogP contribution in [-0.4, -0.2) is 49.8 Å². The molecule has 116 valence electrons. The molecule has 3 nitrogen and oxygen atoms in total. The molecule has 0 atom stereocenters. The van der Waals surface area contributed by atoms with E-state index >= 15 is 0 Å². The standard InChI is InChI=1S/C16H36N2O/c1-6-18(7-2)13-15-19-14-11-9-8-10-12-17-16(3,4)5/h17H,6-15H2,1-5H3. The first kappa shape index (κ1) is 18.9. The molecule has 0 bridgehead atoms. The minimum atomic E-state index is 0.257. The van der Waals surface area contributed by atoms with Crippen LogP contribution in [0, 0.1) is 0 Å². The lowest BCUT2D eigenvalue weighted by atomic mass is 10.1. The van der Waals surface area contributed by atoms with E-state index < -0.39 is 0 Å². The van der Waals surface area contributed by atoms with E-state index in [2.05, 4.69) is 44.8 Å². The van der Waals surface area contributed by atoms with E-state index in [0.717, 1.165) is 39.4 Å². The quantitative estimate of drug-likeness (QED) is 0.552. The molecule has 0 aliphatic heterocycles. The third kappa shape index (κ3) is 14.1. The highest BCUT2D eigenvalue weighted by molar-refractivity contribution is 4.69. The average Bonchev–Trinajstić information content (AvgIpc) is 2.35. The minimum absolute atomic E-state index is 0.257. The van der Waals surface area contributed by atoms with Gasteiger partial charge in [0.25, 0.3) is 0 Å². The van der Waals surface area contributed by atoms with Crippen LogP contribution in [0.5, 0.6) is 0 Å². The van der Waals surface area contributed by atoms with Crippen LogP contribution in [0.4, 0.5) is 0 Å². The van der Waals surface area contributed by atoms with Gasteiger partial charge in [0.05, 0.1) is 6.61 Å². The fraction of sp³-hybridized carbons (Fsp3) is 1.00. The number of rotatable bonds is 12. The zero-order valence-electron chi connectivity index (χ0n) is 13.9. The van der Waals surface area contributed by atoms with Crippen LogP contribution in [0.2, 0.25) is 0 Å². The highest BCUT2D eigenvalue weighted by Gasteiger charge is 2.06. The summed E-state index contributed by atoms with van der Waals surface area (Å²) >= 11 is 0. The van der Waals surface area contributed by atoms with Crippen molar-refractivity contribution < 1.29 is 4.74 Å². The highest BCUT2D eigenvalue weighted by Crippen LogP contribution is 2.02. The monoisotopic (exact) mass is 272 g/mol. The Balaban J connectivity index is 3.15. The molecule has 0 spiro atoms. The summed E-state index contributed by atoms with van der Waals surface area (Å²) in [5, 5.41) is 3.52. The van der Waals surface area contributed by atoms with Gasteiger partial charge < -0.3 is 15.0 Å². The van der Waals surface area contributed by atoms with Crippen molar-refractivity contribution in [1.29, 1.82) is 0 Å². The molecule has 0 aromatic heterocycles. The van der Waals surface area contributed by atoms with Crippen molar-refractivity contribution in [3.63, 3.8) is 0 Å². The van der Waals surface area contributed by atoms with Gasteiger partial charge in [0.2, 0.25) is 0 Å². The zero-order chi connectivity index (χ0) is 14.6. The van der Waals surface area contributed by atoms with E-state index in [1.165, 1.54) is 25.7 Å². The molecule has 0 aromatic carbocycles. The SMILES string of the molecule is CCN(CC)CCOCCCCCCNC(C)(C)C. The topological polar surface area (TPSA) is 24.5 Å². The molecule has 1 N–H and O–H groups in total. The second-order valence-corrected chi connectivity index (χ2v) is 6.23. The van der Waals surface area contributed by atoms with E-state index in [1.807, 2.05) is 0 Å². The van der Waals surface area contributed by atoms with Gasteiger partial charge in [-0.1, -0.05) is 26.7 Å². The summed E-state index contributed by atoms with van der Waals surface area (Å²) in [5.74, 6) is 0. The van der Waals surface area contributed by atoms with Crippen LogP contribution in [-0.2, 0) is 4.74 Å². The third-order valence-electron chi connectivity index (χ3n) is 3.32. The largest absolute Gasteiger partial charge is 0.380 e. The maximum absolute atomic E-state index is 5.67. The van der Waals surface area contributed by atoms with E-state index in [9.17, 15) is 0 Å². The Labute approximate surface area is 121 Å². The van der Waals surface area contributed by atoms with Gasteiger partial charge in [0, 0.05) is 18.7 Å².